The Morgan fingerprint density at radius 2 is 2.55 bits per heavy atom. The molecule has 0 fully saturated rings. The maximum Gasteiger partial charge on any atom is 0.409 e. The fourth-order valence-corrected chi connectivity index (χ4v) is 1.01. The van der Waals surface area contributed by atoms with E-state index in [4.69, 9.17) is 5.73 Å². The van der Waals surface area contributed by atoms with Crippen LogP contribution >= 0.6 is 11.5 Å². The summed E-state index contributed by atoms with van der Waals surface area (Å²) in [7, 11) is 0. The van der Waals surface area contributed by atoms with Crippen molar-refractivity contribution in [3.63, 3.8) is 0 Å². The second-order valence-electron chi connectivity index (χ2n) is 1.58. The van der Waals surface area contributed by atoms with Gasteiger partial charge in [-0.25, -0.2) is 14.7 Å². The van der Waals surface area contributed by atoms with Gasteiger partial charge >= 0.3 is 5.97 Å². The lowest BCUT2D eigenvalue weighted by atomic mass is 10.6. The smallest absolute Gasteiger partial charge is 0.324 e. The second kappa shape index (κ2) is 3.35. The summed E-state index contributed by atoms with van der Waals surface area (Å²) >= 11 is 0.751. The molecule has 1 aromatic heterocycles. The van der Waals surface area contributed by atoms with Gasteiger partial charge in [-0.15, -0.1) is 0 Å². The van der Waals surface area contributed by atoms with Crippen molar-refractivity contribution in [3.8, 4) is 0 Å². The zero-order valence-corrected chi connectivity index (χ0v) is 6.10. The van der Waals surface area contributed by atoms with Crippen molar-refractivity contribution in [1.29, 1.82) is 0 Å². The van der Waals surface area contributed by atoms with Crippen LogP contribution in [0, 0.1) is 0 Å². The summed E-state index contributed by atoms with van der Waals surface area (Å²) in [4.78, 5) is 16.9. The maximum absolute atomic E-state index is 11.2. The van der Waals surface area contributed by atoms with Crippen molar-refractivity contribution in [1.82, 2.24) is 9.36 Å². The predicted molar refractivity (Wildman–Crippen MR) is 34.3 cm³/mol. The van der Waals surface area contributed by atoms with Crippen LogP contribution in [0.15, 0.2) is 0 Å². The van der Waals surface area contributed by atoms with Crippen LogP contribution in [0.1, 0.15) is 15.6 Å². The van der Waals surface area contributed by atoms with Gasteiger partial charge in [0.1, 0.15) is 0 Å². The molecular weight excluding hydrogens is 173 g/mol. The molecule has 11 heavy (non-hydrogen) atoms. The van der Waals surface area contributed by atoms with E-state index in [2.05, 4.69) is 14.3 Å². The number of halogens is 1. The molecule has 0 bridgehead atoms. The third kappa shape index (κ3) is 1.69. The van der Waals surface area contributed by atoms with Gasteiger partial charge in [0.15, 0.2) is 5.82 Å². The van der Waals surface area contributed by atoms with Gasteiger partial charge in [-0.2, -0.15) is 4.37 Å². The third-order valence-electron chi connectivity index (χ3n) is 0.895. The molecule has 7 heteroatoms. The molecule has 1 aromatic rings. The number of nitrogens with two attached hydrogens (primary N) is 1. The number of carbonyl (C=O) groups excluding carboxylic acids is 1. The maximum atomic E-state index is 11.2. The minimum absolute atomic E-state index is 0.121. The summed E-state index contributed by atoms with van der Waals surface area (Å²) in [5, 5.41) is -0.132. The third-order valence-corrected chi connectivity index (χ3v) is 1.63. The van der Waals surface area contributed by atoms with Crippen LogP contribution in [0.2, 0.25) is 0 Å². The zero-order valence-electron chi connectivity index (χ0n) is 5.28. The first-order chi connectivity index (χ1) is 5.27. The molecule has 0 aliphatic heterocycles. The first-order valence-corrected chi connectivity index (χ1v) is 3.41. The molecule has 1 heterocycles. The monoisotopic (exact) mass is 177 g/mol. The van der Waals surface area contributed by atoms with Crippen LogP contribution in [0.4, 0.5) is 4.53 Å². The molecule has 0 aromatic carbocycles. The van der Waals surface area contributed by atoms with E-state index in [1.165, 1.54) is 0 Å². The normalized spacial score (nSPS) is 9.64. The first-order valence-electron chi connectivity index (χ1n) is 2.63. The minimum Gasteiger partial charge on any atom is -0.324 e. The minimum atomic E-state index is -1.14. The highest BCUT2D eigenvalue weighted by Gasteiger charge is 2.13. The molecule has 0 radical (unpaired) electrons. The van der Waals surface area contributed by atoms with Crippen molar-refractivity contribution in [2.24, 2.45) is 5.73 Å². The Bertz CT molecular complexity index is 264. The van der Waals surface area contributed by atoms with E-state index >= 15 is 0 Å². The predicted octanol–water partition coefficient (Wildman–Crippen LogP) is 0.0381. The number of aromatic nitrogens is 2. The van der Waals surface area contributed by atoms with Gasteiger partial charge in [-0.3, -0.25) is 0 Å². The molecule has 0 amide bonds. The number of carbonyl (C=O) groups is 1. The summed E-state index contributed by atoms with van der Waals surface area (Å²) < 4.78 is 14.9. The number of hydrogen-bond acceptors (Lipinski definition) is 6. The van der Waals surface area contributed by atoms with Crippen molar-refractivity contribution in [2.45, 2.75) is 6.54 Å². The first kappa shape index (κ1) is 8.02. The average Bonchev–Trinajstić information content (AvgIpc) is 2.50. The molecule has 0 spiro atoms. The van der Waals surface area contributed by atoms with Crippen LogP contribution in [-0.2, 0) is 11.5 Å². The lowest BCUT2D eigenvalue weighted by Gasteiger charge is -1.83. The fraction of sp³-hybridized carbons (Fsp3) is 0.250. The van der Waals surface area contributed by atoms with Crippen molar-refractivity contribution in [3.05, 3.63) is 10.8 Å². The Labute approximate surface area is 65.1 Å². The van der Waals surface area contributed by atoms with Gasteiger partial charge < -0.3 is 5.73 Å². The van der Waals surface area contributed by atoms with E-state index in [1.54, 1.807) is 0 Å². The zero-order chi connectivity index (χ0) is 8.27. The molecule has 60 valence electrons. The molecular formula is C4H4FN3O2S. The quantitative estimate of drug-likeness (QED) is 0.689. The molecule has 1 rings (SSSR count). The molecule has 0 saturated carbocycles. The van der Waals surface area contributed by atoms with E-state index < -0.39 is 5.97 Å². The van der Waals surface area contributed by atoms with Gasteiger partial charge in [0.05, 0.1) is 6.54 Å². The fourth-order valence-electron chi connectivity index (χ4n) is 0.453. The Morgan fingerprint density at radius 1 is 1.82 bits per heavy atom. The Morgan fingerprint density at radius 3 is 3.00 bits per heavy atom. The van der Waals surface area contributed by atoms with Crippen LogP contribution in [0.25, 0.3) is 0 Å². The molecule has 0 aliphatic rings. The van der Waals surface area contributed by atoms with Crippen molar-refractivity contribution >= 4 is 17.5 Å². The standard InChI is InChI=1S/C4H4FN3O2S/c5-10-4(9)3-7-2(1-6)8-11-3/h1,6H2. The van der Waals surface area contributed by atoms with Crippen molar-refractivity contribution < 1.29 is 14.3 Å². The lowest BCUT2D eigenvalue weighted by molar-refractivity contribution is -0.0788. The van der Waals surface area contributed by atoms with Crippen LogP contribution < -0.4 is 5.73 Å². The number of rotatable bonds is 2. The van der Waals surface area contributed by atoms with Gasteiger partial charge in [-0.05, 0) is 11.5 Å². The lowest BCUT2D eigenvalue weighted by Crippen LogP contribution is -2.01. The van der Waals surface area contributed by atoms with Gasteiger partial charge in [0, 0.05) is 4.53 Å². The molecule has 0 aliphatic carbocycles. The highest BCUT2D eigenvalue weighted by atomic mass is 32.1. The average molecular weight is 177 g/mol. The molecule has 0 saturated heterocycles. The largest absolute Gasteiger partial charge is 0.409 e. The highest BCUT2D eigenvalue weighted by Crippen LogP contribution is 2.05. The van der Waals surface area contributed by atoms with Crippen LogP contribution in [-0.4, -0.2) is 15.3 Å². The van der Waals surface area contributed by atoms with E-state index in [1.807, 2.05) is 0 Å². The Balaban J connectivity index is 2.80. The topological polar surface area (TPSA) is 78.1 Å². The van der Waals surface area contributed by atoms with Crippen LogP contribution in [0.5, 0.6) is 0 Å². The second-order valence-corrected chi connectivity index (χ2v) is 2.34. The number of nitrogens with zero attached hydrogens (tertiary/aromatic N) is 2. The Kier molecular flexibility index (Phi) is 2.44. The van der Waals surface area contributed by atoms with Gasteiger partial charge in [0.2, 0.25) is 5.01 Å². The molecule has 0 unspecified atom stereocenters. The number of hydrogen-bond donors (Lipinski definition) is 1. The summed E-state index contributed by atoms with van der Waals surface area (Å²) in [6.07, 6.45) is 0. The molecule has 0 atom stereocenters. The molecule has 2 N–H and O–H groups in total. The highest BCUT2D eigenvalue weighted by molar-refractivity contribution is 7.07. The molecule has 5 nitrogen and oxygen atoms in total. The van der Waals surface area contributed by atoms with Crippen LogP contribution in [0.3, 0.4) is 0 Å². The summed E-state index contributed by atoms with van der Waals surface area (Å²) in [5.41, 5.74) is 5.14. The van der Waals surface area contributed by atoms with Crippen molar-refractivity contribution in [2.75, 3.05) is 0 Å². The Hall–Kier alpha value is -1.08. The van der Waals surface area contributed by atoms with E-state index in [9.17, 15) is 9.32 Å². The SMILES string of the molecule is NCc1nsc(C(=O)OF)n1. The van der Waals surface area contributed by atoms with Gasteiger partial charge in [0.25, 0.3) is 0 Å². The van der Waals surface area contributed by atoms with E-state index in [0.717, 1.165) is 11.5 Å². The van der Waals surface area contributed by atoms with Gasteiger partial charge in [-0.1, -0.05) is 0 Å². The summed E-state index contributed by atoms with van der Waals surface area (Å²) in [6.45, 7) is 0.121. The van der Waals surface area contributed by atoms with E-state index in [0.29, 0.717) is 5.82 Å². The van der Waals surface area contributed by atoms with E-state index in [-0.39, 0.29) is 11.6 Å². The summed E-state index contributed by atoms with van der Waals surface area (Å²) in [5.74, 6) is -0.836. The summed E-state index contributed by atoms with van der Waals surface area (Å²) in [6, 6.07) is 0.